The number of nitrogens with zero attached hydrogens (tertiary/aromatic N) is 2. The van der Waals surface area contributed by atoms with Crippen LogP contribution in [0.15, 0.2) is 40.0 Å². The molecule has 1 aromatic heterocycles. The molecule has 0 saturated heterocycles. The third-order valence-corrected chi connectivity index (χ3v) is 5.05. The normalized spacial score (nSPS) is 17.1. The highest BCUT2D eigenvalue weighted by Gasteiger charge is 2.22. The Balaban J connectivity index is 1.51. The summed E-state index contributed by atoms with van der Waals surface area (Å²) in [5.41, 5.74) is 2.92. The van der Waals surface area contributed by atoms with Gasteiger partial charge in [0.1, 0.15) is 11.8 Å². The minimum Gasteiger partial charge on any atom is -0.392 e. The number of pyridine rings is 1. The number of hydrogen-bond acceptors (Lipinski definition) is 3. The minimum atomic E-state index is 0.230. The van der Waals surface area contributed by atoms with E-state index in [2.05, 4.69) is 40.1 Å². The number of halogens is 1. The van der Waals surface area contributed by atoms with E-state index in [0.717, 1.165) is 39.6 Å². The van der Waals surface area contributed by atoms with E-state index < -0.39 is 0 Å². The molecule has 1 aromatic carbocycles. The molecule has 0 amide bonds. The van der Waals surface area contributed by atoms with Crippen molar-refractivity contribution in [2.24, 2.45) is 5.16 Å². The average molecular weight is 389 g/mol. The predicted molar refractivity (Wildman–Crippen MR) is 103 cm³/mol. The van der Waals surface area contributed by atoms with Crippen molar-refractivity contribution in [3.63, 3.8) is 0 Å². The molecule has 4 heteroatoms. The highest BCUT2D eigenvalue weighted by Crippen LogP contribution is 2.23. The van der Waals surface area contributed by atoms with E-state index in [1.807, 2.05) is 18.2 Å². The van der Waals surface area contributed by atoms with Gasteiger partial charge in [-0.15, -0.1) is 0 Å². The summed E-state index contributed by atoms with van der Waals surface area (Å²) in [6.07, 6.45) is 10.1. The monoisotopic (exact) mass is 388 g/mol. The molecule has 1 atom stereocenters. The summed E-state index contributed by atoms with van der Waals surface area (Å²) in [5, 5.41) is 5.42. The van der Waals surface area contributed by atoms with E-state index in [9.17, 15) is 0 Å². The molecule has 2 heterocycles. The van der Waals surface area contributed by atoms with Crippen LogP contribution in [-0.4, -0.2) is 16.8 Å². The van der Waals surface area contributed by atoms with Gasteiger partial charge in [0.25, 0.3) is 0 Å². The van der Waals surface area contributed by atoms with Crippen LogP contribution < -0.4 is 0 Å². The molecule has 0 aliphatic carbocycles. The highest BCUT2D eigenvalue weighted by molar-refractivity contribution is 9.10. The van der Waals surface area contributed by atoms with Gasteiger partial charge < -0.3 is 4.84 Å². The van der Waals surface area contributed by atoms with Gasteiger partial charge in [0, 0.05) is 16.3 Å². The van der Waals surface area contributed by atoms with Crippen molar-refractivity contribution < 1.29 is 4.84 Å². The van der Waals surface area contributed by atoms with Crippen LogP contribution >= 0.6 is 15.9 Å². The van der Waals surface area contributed by atoms with Crippen LogP contribution in [0.1, 0.15) is 64.0 Å². The van der Waals surface area contributed by atoms with Crippen LogP contribution in [0.4, 0.5) is 0 Å². The van der Waals surface area contributed by atoms with E-state index in [-0.39, 0.29) is 6.10 Å². The van der Waals surface area contributed by atoms with Gasteiger partial charge in [-0.05, 0) is 37.1 Å². The van der Waals surface area contributed by atoms with Gasteiger partial charge in [-0.3, -0.25) is 0 Å². The number of aromatic nitrogens is 1. The van der Waals surface area contributed by atoms with Crippen molar-refractivity contribution in [3.8, 4) is 0 Å². The SMILES string of the molecule is CCCCCCCCC1CC(c2ccc3cc(Br)ccc3n2)=NO1. The number of benzene rings is 1. The van der Waals surface area contributed by atoms with Crippen LogP contribution in [0.25, 0.3) is 10.9 Å². The number of hydrogen-bond donors (Lipinski definition) is 0. The summed E-state index contributed by atoms with van der Waals surface area (Å²) >= 11 is 3.50. The lowest BCUT2D eigenvalue weighted by molar-refractivity contribution is 0.0770. The first-order valence-electron chi connectivity index (χ1n) is 9.05. The molecule has 128 valence electrons. The van der Waals surface area contributed by atoms with Crippen molar-refractivity contribution >= 4 is 32.5 Å². The van der Waals surface area contributed by atoms with Gasteiger partial charge in [-0.1, -0.05) is 66.2 Å². The van der Waals surface area contributed by atoms with Crippen molar-refractivity contribution in [2.75, 3.05) is 0 Å². The maximum Gasteiger partial charge on any atom is 0.133 e. The molecule has 1 aliphatic rings. The smallest absolute Gasteiger partial charge is 0.133 e. The first kappa shape index (κ1) is 17.4. The average Bonchev–Trinajstić information content (AvgIpc) is 3.06. The summed E-state index contributed by atoms with van der Waals surface area (Å²) in [7, 11) is 0. The summed E-state index contributed by atoms with van der Waals surface area (Å²) < 4.78 is 1.07. The van der Waals surface area contributed by atoms with Crippen molar-refractivity contribution in [2.45, 2.75) is 64.4 Å². The van der Waals surface area contributed by atoms with Gasteiger partial charge >= 0.3 is 0 Å². The first-order chi connectivity index (χ1) is 11.8. The Kier molecular flexibility index (Phi) is 6.24. The van der Waals surface area contributed by atoms with Crippen molar-refractivity contribution in [1.29, 1.82) is 0 Å². The van der Waals surface area contributed by atoms with Crippen LogP contribution in [0.3, 0.4) is 0 Å². The summed E-state index contributed by atoms with van der Waals surface area (Å²) in [6.45, 7) is 2.25. The maximum absolute atomic E-state index is 5.62. The third kappa shape index (κ3) is 4.56. The fraction of sp³-hybridized carbons (Fsp3) is 0.500. The highest BCUT2D eigenvalue weighted by atomic mass is 79.9. The van der Waals surface area contributed by atoms with E-state index in [0.29, 0.717) is 0 Å². The lowest BCUT2D eigenvalue weighted by Gasteiger charge is -2.07. The van der Waals surface area contributed by atoms with Crippen LogP contribution in [0.5, 0.6) is 0 Å². The van der Waals surface area contributed by atoms with Crippen molar-refractivity contribution in [3.05, 3.63) is 40.5 Å². The van der Waals surface area contributed by atoms with E-state index in [1.54, 1.807) is 0 Å². The fourth-order valence-corrected chi connectivity index (χ4v) is 3.52. The number of fused-ring (bicyclic) bond motifs is 1. The molecule has 3 rings (SSSR count). The molecule has 3 nitrogen and oxygen atoms in total. The molecule has 0 N–H and O–H groups in total. The fourth-order valence-electron chi connectivity index (χ4n) is 3.14. The Hall–Kier alpha value is -1.42. The van der Waals surface area contributed by atoms with E-state index in [4.69, 9.17) is 9.82 Å². The molecular formula is C20H25BrN2O. The van der Waals surface area contributed by atoms with E-state index in [1.165, 1.54) is 38.5 Å². The molecule has 1 aliphatic heterocycles. The Bertz CT molecular complexity index is 714. The molecule has 0 saturated carbocycles. The second-order valence-electron chi connectivity index (χ2n) is 6.56. The standard InChI is InChI=1S/C20H25BrN2O/c1-2-3-4-5-6-7-8-17-14-20(23-24-17)19-11-9-15-13-16(21)10-12-18(15)22-19/h9-13,17H,2-8,14H2,1H3. The minimum absolute atomic E-state index is 0.230. The molecule has 0 spiro atoms. The lowest BCUT2D eigenvalue weighted by Crippen LogP contribution is -2.09. The predicted octanol–water partition coefficient (Wildman–Crippen LogP) is 6.24. The molecular weight excluding hydrogens is 364 g/mol. The van der Waals surface area contributed by atoms with Gasteiger partial charge in [-0.25, -0.2) is 4.98 Å². The largest absolute Gasteiger partial charge is 0.392 e. The van der Waals surface area contributed by atoms with Crippen molar-refractivity contribution in [1.82, 2.24) is 4.98 Å². The zero-order valence-corrected chi connectivity index (χ0v) is 15.9. The van der Waals surface area contributed by atoms with Gasteiger partial charge in [0.2, 0.25) is 0 Å². The Labute approximate surface area is 152 Å². The first-order valence-corrected chi connectivity index (χ1v) is 9.85. The lowest BCUT2D eigenvalue weighted by atomic mass is 10.0. The Morgan fingerprint density at radius 3 is 2.79 bits per heavy atom. The topological polar surface area (TPSA) is 34.5 Å². The second-order valence-corrected chi connectivity index (χ2v) is 7.48. The zero-order chi connectivity index (χ0) is 16.8. The molecule has 0 radical (unpaired) electrons. The van der Waals surface area contributed by atoms with Crippen LogP contribution in [0, 0.1) is 0 Å². The van der Waals surface area contributed by atoms with E-state index >= 15 is 0 Å². The number of rotatable bonds is 8. The molecule has 2 aromatic rings. The number of oxime groups is 1. The summed E-state index contributed by atoms with van der Waals surface area (Å²) in [4.78, 5) is 10.4. The van der Waals surface area contributed by atoms with Crippen LogP contribution in [-0.2, 0) is 4.84 Å². The third-order valence-electron chi connectivity index (χ3n) is 4.56. The van der Waals surface area contributed by atoms with Gasteiger partial charge in [0.15, 0.2) is 0 Å². The Morgan fingerprint density at radius 2 is 1.92 bits per heavy atom. The molecule has 0 fully saturated rings. The molecule has 1 unspecified atom stereocenters. The molecule has 24 heavy (non-hydrogen) atoms. The molecule has 0 bridgehead atoms. The maximum atomic E-state index is 5.62. The Morgan fingerprint density at radius 1 is 1.08 bits per heavy atom. The van der Waals surface area contributed by atoms with Gasteiger partial charge in [0.05, 0.1) is 11.2 Å². The summed E-state index contributed by atoms with van der Waals surface area (Å²) in [5.74, 6) is 0. The zero-order valence-electron chi connectivity index (χ0n) is 14.3. The van der Waals surface area contributed by atoms with Gasteiger partial charge in [-0.2, -0.15) is 0 Å². The summed E-state index contributed by atoms with van der Waals surface area (Å²) in [6, 6.07) is 10.3. The number of unbranched alkanes of at least 4 members (excludes halogenated alkanes) is 5. The quantitative estimate of drug-likeness (QED) is 0.501. The second kappa shape index (κ2) is 8.61. The van der Waals surface area contributed by atoms with Crippen LogP contribution in [0.2, 0.25) is 0 Å².